The first-order valence-corrected chi connectivity index (χ1v) is 8.82. The fourth-order valence-electron chi connectivity index (χ4n) is 3.26. The number of aliphatic hydroxyl groups excluding tert-OH is 2. The number of benzene rings is 1. The molecule has 1 aliphatic heterocycles. The van der Waals surface area contributed by atoms with E-state index >= 15 is 0 Å². The number of aromatic nitrogens is 4. The van der Waals surface area contributed by atoms with E-state index in [0.717, 1.165) is 5.56 Å². The molecule has 0 amide bonds. The number of hydrogen-bond acceptors (Lipinski definition) is 9. The molecular weight excluding hydrogens is 366 g/mol. The summed E-state index contributed by atoms with van der Waals surface area (Å²) in [7, 11) is 1.50. The zero-order chi connectivity index (χ0) is 19.7. The minimum absolute atomic E-state index is 0.0781. The third-order valence-electron chi connectivity index (χ3n) is 4.76. The second-order valence-corrected chi connectivity index (χ2v) is 6.52. The molecule has 1 aromatic carbocycles. The van der Waals surface area contributed by atoms with Crippen molar-refractivity contribution < 1.29 is 24.8 Å². The van der Waals surface area contributed by atoms with E-state index in [2.05, 4.69) is 20.3 Å². The van der Waals surface area contributed by atoms with Gasteiger partial charge in [0.1, 0.15) is 18.7 Å². The summed E-state index contributed by atoms with van der Waals surface area (Å²) in [6.07, 6.45) is 1.54. The molecule has 1 saturated heterocycles. The first-order chi connectivity index (χ1) is 13.6. The Bertz CT molecular complexity index is 978. The Kier molecular flexibility index (Phi) is 4.99. The predicted molar refractivity (Wildman–Crippen MR) is 98.9 cm³/mol. The first-order valence-electron chi connectivity index (χ1n) is 8.82. The van der Waals surface area contributed by atoms with Gasteiger partial charge in [0.25, 0.3) is 0 Å². The van der Waals surface area contributed by atoms with E-state index < -0.39 is 18.4 Å². The highest BCUT2D eigenvalue weighted by Gasteiger charge is 2.35. The van der Waals surface area contributed by atoms with Crippen molar-refractivity contribution in [2.45, 2.75) is 31.4 Å². The van der Waals surface area contributed by atoms with E-state index in [1.54, 1.807) is 29.1 Å². The van der Waals surface area contributed by atoms with Gasteiger partial charge in [-0.05, 0) is 17.7 Å². The molecule has 148 valence electrons. The molecule has 0 spiro atoms. The lowest BCUT2D eigenvalue weighted by molar-refractivity contribution is -0.0432. The molecule has 0 aliphatic carbocycles. The Labute approximate surface area is 160 Å². The first kappa shape index (κ1) is 18.4. The molecule has 10 nitrogen and oxygen atoms in total. The summed E-state index contributed by atoms with van der Waals surface area (Å²) >= 11 is 0. The molecule has 0 saturated carbocycles. The average molecular weight is 387 g/mol. The van der Waals surface area contributed by atoms with Crippen LogP contribution in [0.4, 0.5) is 5.82 Å². The van der Waals surface area contributed by atoms with Crippen LogP contribution in [0.15, 0.2) is 30.9 Å². The van der Waals surface area contributed by atoms with Gasteiger partial charge in [-0.15, -0.1) is 0 Å². The van der Waals surface area contributed by atoms with Gasteiger partial charge in [-0.2, -0.15) is 0 Å². The zero-order valence-electron chi connectivity index (χ0n) is 15.2. The summed E-state index contributed by atoms with van der Waals surface area (Å²) in [5.74, 6) is 1.02. The number of hydrogen-bond donors (Lipinski definition) is 4. The Hall–Kier alpha value is -2.95. The lowest BCUT2D eigenvalue weighted by Gasteiger charge is -2.13. The lowest BCUT2D eigenvalue weighted by atomic mass is 10.2. The zero-order valence-corrected chi connectivity index (χ0v) is 15.2. The molecule has 1 aliphatic rings. The Balaban J connectivity index is 1.55. The summed E-state index contributed by atoms with van der Waals surface area (Å²) in [4.78, 5) is 12.9. The highest BCUT2D eigenvalue weighted by atomic mass is 16.5. The van der Waals surface area contributed by atoms with Gasteiger partial charge >= 0.3 is 0 Å². The van der Waals surface area contributed by atoms with Crippen molar-refractivity contribution in [3.05, 3.63) is 36.4 Å². The van der Waals surface area contributed by atoms with E-state index in [1.807, 2.05) is 0 Å². The molecule has 3 heterocycles. The van der Waals surface area contributed by atoms with Crippen molar-refractivity contribution in [2.75, 3.05) is 19.0 Å². The number of rotatable bonds is 6. The number of ether oxygens (including phenoxy) is 2. The van der Waals surface area contributed by atoms with E-state index in [-0.39, 0.29) is 12.4 Å². The second-order valence-electron chi connectivity index (χ2n) is 6.52. The number of fused-ring (bicyclic) bond motifs is 1. The van der Waals surface area contributed by atoms with Crippen molar-refractivity contribution >= 4 is 17.0 Å². The van der Waals surface area contributed by atoms with Gasteiger partial charge in [-0.1, -0.05) is 6.07 Å². The van der Waals surface area contributed by atoms with Crippen LogP contribution < -0.4 is 10.1 Å². The number of phenolic OH excluding ortho intramolecular Hbond substituents is 1. The average Bonchev–Trinajstić information content (AvgIpc) is 3.30. The Morgan fingerprint density at radius 1 is 1.32 bits per heavy atom. The van der Waals surface area contributed by atoms with Gasteiger partial charge in [-0.3, -0.25) is 4.57 Å². The van der Waals surface area contributed by atoms with Gasteiger partial charge in [0, 0.05) is 13.0 Å². The molecule has 3 aromatic rings. The van der Waals surface area contributed by atoms with Crippen LogP contribution in [-0.2, 0) is 11.3 Å². The summed E-state index contributed by atoms with van der Waals surface area (Å²) in [6, 6.07) is 5.09. The van der Waals surface area contributed by atoms with Crippen molar-refractivity contribution in [1.29, 1.82) is 0 Å². The van der Waals surface area contributed by atoms with Crippen LogP contribution in [0.5, 0.6) is 11.5 Å². The molecule has 2 aromatic heterocycles. The molecule has 1 unspecified atom stereocenters. The van der Waals surface area contributed by atoms with Crippen LogP contribution in [-0.4, -0.2) is 60.8 Å². The number of nitrogens with zero attached hydrogens (tertiary/aromatic N) is 4. The largest absolute Gasteiger partial charge is 0.504 e. The van der Waals surface area contributed by atoms with Gasteiger partial charge in [0.15, 0.2) is 28.5 Å². The molecule has 0 bridgehead atoms. The van der Waals surface area contributed by atoms with E-state index in [1.165, 1.54) is 13.4 Å². The summed E-state index contributed by atoms with van der Waals surface area (Å²) in [6.45, 7) is 0.197. The standard InChI is InChI=1S/C18H21N5O5/c1-27-13-4-10(2-3-11(13)25)6-19-17-16-18(21-8-20-17)23(9-22-16)15-5-12(26)14(7-24)28-15/h2-4,8-9,12,14-15,24-26H,5-7H2,1H3,(H,19,20,21)/t12-,14+,15?/m0/s1. The van der Waals surface area contributed by atoms with Crippen molar-refractivity contribution in [3.8, 4) is 11.5 Å². The van der Waals surface area contributed by atoms with Gasteiger partial charge in [-0.25, -0.2) is 15.0 Å². The second kappa shape index (κ2) is 7.58. The molecule has 4 rings (SSSR count). The van der Waals surface area contributed by atoms with Gasteiger partial charge in [0.2, 0.25) is 0 Å². The Morgan fingerprint density at radius 2 is 2.18 bits per heavy atom. The van der Waals surface area contributed by atoms with E-state index in [0.29, 0.717) is 35.7 Å². The predicted octanol–water partition coefficient (Wildman–Crippen LogP) is 0.793. The van der Waals surface area contributed by atoms with Crippen molar-refractivity contribution in [2.24, 2.45) is 0 Å². The van der Waals surface area contributed by atoms with Gasteiger partial charge in [0.05, 0.1) is 26.1 Å². The SMILES string of the molecule is COc1cc(CNc2ncnc3c2ncn3C2C[C@H](O)[C@@H](CO)O2)ccc1O. The number of imidazole rings is 1. The number of phenols is 1. The number of anilines is 1. The molecule has 3 atom stereocenters. The van der Waals surface area contributed by atoms with Crippen LogP contribution in [0, 0.1) is 0 Å². The number of nitrogens with one attached hydrogen (secondary N) is 1. The molecular formula is C18H21N5O5. The van der Waals surface area contributed by atoms with Crippen LogP contribution in [0.2, 0.25) is 0 Å². The normalized spacial score (nSPS) is 21.9. The maximum atomic E-state index is 9.97. The third kappa shape index (κ3) is 3.33. The lowest BCUT2D eigenvalue weighted by Crippen LogP contribution is -2.24. The molecule has 4 N–H and O–H groups in total. The van der Waals surface area contributed by atoms with Gasteiger partial charge < -0.3 is 30.1 Å². The maximum Gasteiger partial charge on any atom is 0.167 e. The monoisotopic (exact) mass is 387 g/mol. The fourth-order valence-corrected chi connectivity index (χ4v) is 3.26. The topological polar surface area (TPSA) is 135 Å². The van der Waals surface area contributed by atoms with Crippen molar-refractivity contribution in [1.82, 2.24) is 19.5 Å². The quantitative estimate of drug-likeness (QED) is 0.484. The minimum atomic E-state index is -0.739. The van der Waals surface area contributed by atoms with Crippen molar-refractivity contribution in [3.63, 3.8) is 0 Å². The third-order valence-corrected chi connectivity index (χ3v) is 4.76. The molecule has 0 radical (unpaired) electrons. The van der Waals surface area contributed by atoms with Crippen LogP contribution in [0.3, 0.4) is 0 Å². The minimum Gasteiger partial charge on any atom is -0.504 e. The van der Waals surface area contributed by atoms with E-state index in [9.17, 15) is 15.3 Å². The maximum absolute atomic E-state index is 9.97. The molecule has 28 heavy (non-hydrogen) atoms. The van der Waals surface area contributed by atoms with Crippen LogP contribution >= 0.6 is 0 Å². The highest BCUT2D eigenvalue weighted by molar-refractivity contribution is 5.82. The Morgan fingerprint density at radius 3 is 2.93 bits per heavy atom. The molecule has 10 heteroatoms. The molecule has 1 fully saturated rings. The van der Waals surface area contributed by atoms with E-state index in [4.69, 9.17) is 9.47 Å². The van der Waals surface area contributed by atoms with Crippen LogP contribution in [0.25, 0.3) is 11.2 Å². The summed E-state index contributed by atoms with van der Waals surface area (Å²) < 4.78 is 12.5. The smallest absolute Gasteiger partial charge is 0.167 e. The van der Waals surface area contributed by atoms with Crippen LogP contribution in [0.1, 0.15) is 18.2 Å². The fraction of sp³-hybridized carbons (Fsp3) is 0.389. The number of aliphatic hydroxyl groups is 2. The highest BCUT2D eigenvalue weighted by Crippen LogP contribution is 2.32. The number of methoxy groups -OCH3 is 1. The summed E-state index contributed by atoms with van der Waals surface area (Å²) in [5, 5.41) is 32.1. The summed E-state index contributed by atoms with van der Waals surface area (Å²) in [5.41, 5.74) is 2.03. The number of aromatic hydroxyl groups is 1.